The number of aromatic nitrogens is 1. The van der Waals surface area contributed by atoms with Gasteiger partial charge in [0.15, 0.2) is 0 Å². The zero-order valence-corrected chi connectivity index (χ0v) is 24.0. The molecular formula is C32H42N6O3. The van der Waals surface area contributed by atoms with Crippen LogP contribution in [0, 0.1) is 5.92 Å². The minimum absolute atomic E-state index is 0.277. The van der Waals surface area contributed by atoms with Crippen molar-refractivity contribution in [1.82, 2.24) is 20.7 Å². The molecule has 3 aromatic rings. The Bertz CT molecular complexity index is 1290. The number of para-hydroxylation sites is 1. The van der Waals surface area contributed by atoms with E-state index in [0.29, 0.717) is 38.0 Å². The molecule has 0 aliphatic rings. The van der Waals surface area contributed by atoms with E-state index in [1.807, 2.05) is 42.5 Å². The van der Waals surface area contributed by atoms with Gasteiger partial charge in [-0.25, -0.2) is 0 Å². The van der Waals surface area contributed by atoms with Gasteiger partial charge in [-0.1, -0.05) is 62.4 Å². The number of rotatable bonds is 15. The number of fused-ring (bicyclic) bond motifs is 1. The van der Waals surface area contributed by atoms with E-state index in [4.69, 9.17) is 5.73 Å². The van der Waals surface area contributed by atoms with Crippen molar-refractivity contribution in [2.24, 2.45) is 11.7 Å². The van der Waals surface area contributed by atoms with Gasteiger partial charge < -0.3 is 16.4 Å². The molecule has 1 heterocycles. The summed E-state index contributed by atoms with van der Waals surface area (Å²) in [4.78, 5) is 43.3. The Hall–Kier alpha value is -4.08. The molecule has 3 rings (SSSR count). The third-order valence-electron chi connectivity index (χ3n) is 6.53. The second-order valence-electron chi connectivity index (χ2n) is 10.4. The van der Waals surface area contributed by atoms with Crippen LogP contribution in [0.3, 0.4) is 0 Å². The highest BCUT2D eigenvalue weighted by molar-refractivity contribution is 6.07. The Morgan fingerprint density at radius 1 is 0.951 bits per heavy atom. The van der Waals surface area contributed by atoms with Crippen LogP contribution in [0.15, 0.2) is 79.0 Å². The summed E-state index contributed by atoms with van der Waals surface area (Å²) in [6.07, 6.45) is 7.70. The largest absolute Gasteiger partial charge is 0.330 e. The summed E-state index contributed by atoms with van der Waals surface area (Å²) in [5, 5.41) is 8.23. The molecule has 0 aliphatic carbocycles. The van der Waals surface area contributed by atoms with Crippen LogP contribution in [0.2, 0.25) is 0 Å². The lowest BCUT2D eigenvalue weighted by molar-refractivity contribution is -0.139. The predicted molar refractivity (Wildman–Crippen MR) is 164 cm³/mol. The number of hydrogen-bond donors (Lipinski definition) is 4. The molecule has 2 aromatic carbocycles. The second-order valence-corrected chi connectivity index (χ2v) is 10.4. The summed E-state index contributed by atoms with van der Waals surface area (Å²) in [5.74, 6) is -0.944. The van der Waals surface area contributed by atoms with Crippen molar-refractivity contribution < 1.29 is 14.4 Å². The molecule has 218 valence electrons. The Morgan fingerprint density at radius 2 is 1.71 bits per heavy atom. The Morgan fingerprint density at radius 3 is 2.46 bits per heavy atom. The molecule has 5 N–H and O–H groups in total. The van der Waals surface area contributed by atoms with Gasteiger partial charge in [-0.15, -0.1) is 0 Å². The van der Waals surface area contributed by atoms with Gasteiger partial charge in [0.25, 0.3) is 11.8 Å². The van der Waals surface area contributed by atoms with Crippen LogP contribution in [0.5, 0.6) is 0 Å². The number of carbonyl (C=O) groups is 3. The summed E-state index contributed by atoms with van der Waals surface area (Å²) in [5.41, 5.74) is 11.0. The summed E-state index contributed by atoms with van der Waals surface area (Å²) in [6, 6.07) is 18.9. The molecule has 0 saturated heterocycles. The lowest BCUT2D eigenvalue weighted by Crippen LogP contribution is -2.53. The molecule has 0 bridgehead atoms. The van der Waals surface area contributed by atoms with Crippen LogP contribution in [-0.4, -0.2) is 53.4 Å². The number of benzene rings is 2. The van der Waals surface area contributed by atoms with Crippen LogP contribution in [0.25, 0.3) is 10.9 Å². The number of unbranched alkanes of at least 4 members (excludes halogenated alkanes) is 1. The lowest BCUT2D eigenvalue weighted by atomic mass is 10.0. The maximum absolute atomic E-state index is 13.3. The Labute approximate surface area is 242 Å². The van der Waals surface area contributed by atoms with Gasteiger partial charge in [-0.05, 0) is 68.8 Å². The topological polar surface area (TPSA) is 129 Å². The van der Waals surface area contributed by atoms with Gasteiger partial charge in [0.1, 0.15) is 0 Å². The Balaban J connectivity index is 1.61. The number of pyridine rings is 1. The van der Waals surface area contributed by atoms with E-state index < -0.39 is 17.9 Å². The van der Waals surface area contributed by atoms with Gasteiger partial charge in [0.2, 0.25) is 5.91 Å². The highest BCUT2D eigenvalue weighted by atomic mass is 16.2. The molecule has 1 unspecified atom stereocenters. The van der Waals surface area contributed by atoms with Crippen molar-refractivity contribution >= 4 is 34.3 Å². The summed E-state index contributed by atoms with van der Waals surface area (Å²) in [6.45, 7) is 5.55. The maximum Gasteiger partial charge on any atom is 0.265 e. The van der Waals surface area contributed by atoms with Crippen LogP contribution >= 0.6 is 0 Å². The van der Waals surface area contributed by atoms with Gasteiger partial charge in [0, 0.05) is 30.3 Å². The van der Waals surface area contributed by atoms with E-state index in [2.05, 4.69) is 47.0 Å². The van der Waals surface area contributed by atoms with Gasteiger partial charge in [-0.3, -0.25) is 29.8 Å². The van der Waals surface area contributed by atoms with Crippen LogP contribution < -0.4 is 21.8 Å². The number of nitrogens with one attached hydrogen (secondary N) is 3. The molecule has 1 aromatic heterocycles. The number of anilines is 1. The summed E-state index contributed by atoms with van der Waals surface area (Å²) < 4.78 is 0. The molecule has 0 spiro atoms. The smallest absolute Gasteiger partial charge is 0.265 e. The molecule has 9 nitrogen and oxygen atoms in total. The van der Waals surface area contributed by atoms with E-state index >= 15 is 0 Å². The van der Waals surface area contributed by atoms with Crippen molar-refractivity contribution in [2.45, 2.75) is 52.0 Å². The number of hydrogen-bond acceptors (Lipinski definition) is 6. The zero-order chi connectivity index (χ0) is 29.5. The average molecular weight is 559 g/mol. The van der Waals surface area contributed by atoms with Crippen LogP contribution in [0.1, 0.15) is 45.1 Å². The van der Waals surface area contributed by atoms with Crippen molar-refractivity contribution in [3.63, 3.8) is 0 Å². The van der Waals surface area contributed by atoms with Crippen molar-refractivity contribution in [2.75, 3.05) is 25.0 Å². The fourth-order valence-corrected chi connectivity index (χ4v) is 4.43. The first kappa shape index (κ1) is 31.4. The van der Waals surface area contributed by atoms with Gasteiger partial charge >= 0.3 is 0 Å². The molecule has 9 heteroatoms. The molecule has 0 fully saturated rings. The number of amides is 3. The summed E-state index contributed by atoms with van der Waals surface area (Å²) in [7, 11) is 0. The molecule has 0 saturated carbocycles. The third kappa shape index (κ3) is 10.8. The molecular weight excluding hydrogens is 516 g/mol. The minimum Gasteiger partial charge on any atom is -0.330 e. The normalized spacial score (nSPS) is 12.0. The average Bonchev–Trinajstić information content (AvgIpc) is 2.97. The first-order valence-corrected chi connectivity index (χ1v) is 14.3. The van der Waals surface area contributed by atoms with E-state index in [1.54, 1.807) is 12.3 Å². The fraction of sp³-hybridized carbons (Fsp3) is 0.375. The first-order valence-electron chi connectivity index (χ1n) is 14.3. The SMILES string of the molecule is CC(C)CC(NCCCc1ccccc1)C(=O)NN(CCCCN)C(=O)/C=C/C(=O)Nc1ccnc2ccccc12. The standard InChI is InChI=1S/C32H42N6O3/c1-24(2)23-29(34-20-10-13-25-11-4-3-5-12-25)32(41)37-38(22-9-8-19-33)31(40)17-16-30(39)36-28-18-21-35-27-15-7-6-14-26(27)28/h3-7,11-12,14-18,21,24,29,34H,8-10,13,19-20,22-23,33H2,1-2H3,(H,37,41)(H,35,36,39)/b17-16+. The number of carbonyl (C=O) groups excluding carboxylic acids is 3. The maximum atomic E-state index is 13.3. The number of nitrogens with zero attached hydrogens (tertiary/aromatic N) is 2. The Kier molecular flexibility index (Phi) is 13.0. The molecule has 3 amide bonds. The van der Waals surface area contributed by atoms with Crippen molar-refractivity contribution in [3.05, 3.63) is 84.6 Å². The molecule has 0 radical (unpaired) electrons. The van der Waals surface area contributed by atoms with Gasteiger partial charge in [0.05, 0.1) is 17.2 Å². The van der Waals surface area contributed by atoms with Crippen LogP contribution in [-0.2, 0) is 20.8 Å². The minimum atomic E-state index is -0.488. The summed E-state index contributed by atoms with van der Waals surface area (Å²) >= 11 is 0. The zero-order valence-electron chi connectivity index (χ0n) is 24.0. The second kappa shape index (κ2) is 16.9. The van der Waals surface area contributed by atoms with E-state index in [9.17, 15) is 14.4 Å². The van der Waals surface area contributed by atoms with Crippen molar-refractivity contribution in [3.8, 4) is 0 Å². The lowest BCUT2D eigenvalue weighted by Gasteiger charge is -2.26. The molecule has 0 aliphatic heterocycles. The van der Waals surface area contributed by atoms with Gasteiger partial charge in [-0.2, -0.15) is 0 Å². The molecule has 1 atom stereocenters. The van der Waals surface area contributed by atoms with Crippen molar-refractivity contribution in [1.29, 1.82) is 0 Å². The predicted octanol–water partition coefficient (Wildman–Crippen LogP) is 3.97. The highest BCUT2D eigenvalue weighted by Crippen LogP contribution is 2.20. The number of aryl methyl sites for hydroxylation is 1. The van der Waals surface area contributed by atoms with E-state index in [0.717, 1.165) is 23.7 Å². The fourth-order valence-electron chi connectivity index (χ4n) is 4.43. The molecule has 41 heavy (non-hydrogen) atoms. The number of hydrazine groups is 1. The third-order valence-corrected chi connectivity index (χ3v) is 6.53. The van der Waals surface area contributed by atoms with E-state index in [-0.39, 0.29) is 18.4 Å². The number of nitrogens with two attached hydrogens (primary N) is 1. The highest BCUT2D eigenvalue weighted by Gasteiger charge is 2.23. The first-order chi connectivity index (χ1) is 19.9. The van der Waals surface area contributed by atoms with Crippen LogP contribution in [0.4, 0.5) is 5.69 Å². The monoisotopic (exact) mass is 558 g/mol. The van der Waals surface area contributed by atoms with E-state index in [1.165, 1.54) is 22.7 Å². The quantitative estimate of drug-likeness (QED) is 0.127.